The van der Waals surface area contributed by atoms with Crippen molar-refractivity contribution in [2.24, 2.45) is 0 Å². The number of carbonyl (C=O) groups excluding carboxylic acids is 1. The monoisotopic (exact) mass is 464 g/mol. The number of nitrogens with zero attached hydrogens (tertiary/aromatic N) is 7. The van der Waals surface area contributed by atoms with E-state index >= 15 is 0 Å². The van der Waals surface area contributed by atoms with Crippen LogP contribution in [-0.4, -0.2) is 72.6 Å². The molecule has 2 bridgehead atoms. The van der Waals surface area contributed by atoms with E-state index in [9.17, 15) is 4.79 Å². The largest absolute Gasteiger partial charge is 0.489 e. The van der Waals surface area contributed by atoms with Crippen LogP contribution in [0.2, 0.25) is 0 Å². The van der Waals surface area contributed by atoms with Crippen molar-refractivity contribution in [1.82, 2.24) is 40.2 Å². The summed E-state index contributed by atoms with van der Waals surface area (Å²) in [5, 5.41) is 11.5. The lowest BCUT2D eigenvalue weighted by Gasteiger charge is -2.20. The maximum Gasteiger partial charge on any atom is 0.274 e. The van der Waals surface area contributed by atoms with Crippen LogP contribution in [-0.2, 0) is 24.4 Å². The molecule has 2 atom stereocenters. The van der Waals surface area contributed by atoms with Gasteiger partial charge in [0.1, 0.15) is 18.1 Å². The Labute approximate surface area is 197 Å². The van der Waals surface area contributed by atoms with E-state index in [1.54, 1.807) is 29.2 Å². The fourth-order valence-electron chi connectivity index (χ4n) is 4.17. The first kappa shape index (κ1) is 22.4. The highest BCUT2D eigenvalue weighted by Crippen LogP contribution is 2.21. The summed E-state index contributed by atoms with van der Waals surface area (Å²) in [6.07, 6.45) is 5.02. The van der Waals surface area contributed by atoms with E-state index in [2.05, 4.69) is 44.3 Å². The molecule has 3 aromatic rings. The Morgan fingerprint density at radius 3 is 3.00 bits per heavy atom. The Morgan fingerprint density at radius 2 is 2.12 bits per heavy atom. The summed E-state index contributed by atoms with van der Waals surface area (Å²) in [5.41, 5.74) is 1.94. The zero-order valence-corrected chi connectivity index (χ0v) is 19.3. The molecule has 11 nitrogen and oxygen atoms in total. The molecule has 2 aliphatic rings. The highest BCUT2D eigenvalue weighted by Gasteiger charge is 2.36. The third kappa shape index (κ3) is 5.05. The minimum atomic E-state index is -0.283. The van der Waals surface area contributed by atoms with Gasteiger partial charge in [-0.25, -0.2) is 19.6 Å². The SMILES string of the molecule is CC(C)c1nccc(CN2C[C@@H]3NC(=O)c4ncccc4OCCn4cc(nn4)CO[C@H]3C2)n1. The average molecular weight is 465 g/mol. The Hall–Kier alpha value is -3.44. The number of fused-ring (bicyclic) bond motifs is 4. The molecule has 5 heterocycles. The Bertz CT molecular complexity index is 1150. The lowest BCUT2D eigenvalue weighted by atomic mass is 10.2. The van der Waals surface area contributed by atoms with E-state index in [-0.39, 0.29) is 29.7 Å². The number of likely N-dealkylation sites (tertiary alicyclic amines) is 1. The number of aromatic nitrogens is 6. The lowest BCUT2D eigenvalue weighted by Crippen LogP contribution is -2.44. The molecule has 0 radical (unpaired) electrons. The van der Waals surface area contributed by atoms with Crippen molar-refractivity contribution in [2.45, 2.75) is 51.6 Å². The van der Waals surface area contributed by atoms with E-state index in [1.807, 2.05) is 12.3 Å². The molecule has 0 aromatic carbocycles. The Balaban J connectivity index is 1.37. The molecular formula is C23H28N8O3. The van der Waals surface area contributed by atoms with E-state index in [0.717, 1.165) is 17.2 Å². The number of carbonyl (C=O) groups is 1. The van der Waals surface area contributed by atoms with Crippen LogP contribution in [0.1, 0.15) is 47.5 Å². The summed E-state index contributed by atoms with van der Waals surface area (Å²) in [6, 6.07) is 5.20. The second kappa shape index (κ2) is 9.82. The Kier molecular flexibility index (Phi) is 6.45. The second-order valence-electron chi connectivity index (χ2n) is 8.86. The quantitative estimate of drug-likeness (QED) is 0.609. The average Bonchev–Trinajstić information content (AvgIpc) is 3.44. The third-order valence-corrected chi connectivity index (χ3v) is 5.89. The molecule has 11 heteroatoms. The molecule has 178 valence electrons. The fourth-order valence-corrected chi connectivity index (χ4v) is 4.17. The first-order valence-electron chi connectivity index (χ1n) is 11.5. The lowest BCUT2D eigenvalue weighted by molar-refractivity contribution is 0.0292. The second-order valence-corrected chi connectivity index (χ2v) is 8.86. The van der Waals surface area contributed by atoms with Crippen LogP contribution in [0.25, 0.3) is 0 Å². The van der Waals surface area contributed by atoms with Gasteiger partial charge in [-0.15, -0.1) is 5.10 Å². The third-order valence-electron chi connectivity index (χ3n) is 5.89. The molecule has 0 unspecified atom stereocenters. The van der Waals surface area contributed by atoms with Crippen molar-refractivity contribution in [3.63, 3.8) is 0 Å². The van der Waals surface area contributed by atoms with Gasteiger partial charge in [0, 0.05) is 37.9 Å². The van der Waals surface area contributed by atoms with Gasteiger partial charge in [-0.05, 0) is 18.2 Å². The number of ether oxygens (including phenoxy) is 2. The van der Waals surface area contributed by atoms with Gasteiger partial charge in [-0.2, -0.15) is 0 Å². The summed E-state index contributed by atoms with van der Waals surface area (Å²) >= 11 is 0. The van der Waals surface area contributed by atoms with Gasteiger partial charge in [-0.3, -0.25) is 9.69 Å². The summed E-state index contributed by atoms with van der Waals surface area (Å²) in [7, 11) is 0. The minimum Gasteiger partial charge on any atom is -0.489 e. The predicted octanol–water partition coefficient (Wildman–Crippen LogP) is 1.18. The standard InChI is InChI=1S/C23H28N8O3/c1-15(2)22-25-7-5-16(26-22)10-30-12-18-20(13-30)34-14-17-11-31(29-28-17)8-9-33-19-4-3-6-24-21(19)23(32)27-18/h3-7,11,15,18,20H,8-10,12-14H2,1-2H3,(H,27,32)/t18-,20-/m0/s1. The van der Waals surface area contributed by atoms with Crippen LogP contribution >= 0.6 is 0 Å². The van der Waals surface area contributed by atoms with Crippen LogP contribution in [0.3, 0.4) is 0 Å². The van der Waals surface area contributed by atoms with Crippen LogP contribution in [0.15, 0.2) is 36.8 Å². The number of amides is 1. The van der Waals surface area contributed by atoms with Crippen molar-refractivity contribution in [3.8, 4) is 5.75 Å². The zero-order valence-electron chi connectivity index (χ0n) is 19.3. The maximum atomic E-state index is 13.1. The van der Waals surface area contributed by atoms with E-state index < -0.39 is 0 Å². The number of nitrogens with one attached hydrogen (secondary N) is 1. The molecule has 34 heavy (non-hydrogen) atoms. The van der Waals surface area contributed by atoms with Gasteiger partial charge in [0.15, 0.2) is 11.4 Å². The van der Waals surface area contributed by atoms with E-state index in [4.69, 9.17) is 14.5 Å². The molecule has 5 rings (SSSR count). The van der Waals surface area contributed by atoms with Crippen molar-refractivity contribution in [1.29, 1.82) is 0 Å². The molecule has 1 N–H and O–H groups in total. The smallest absolute Gasteiger partial charge is 0.274 e. The molecule has 1 fully saturated rings. The predicted molar refractivity (Wildman–Crippen MR) is 121 cm³/mol. The van der Waals surface area contributed by atoms with Gasteiger partial charge >= 0.3 is 0 Å². The molecule has 0 aliphatic carbocycles. The van der Waals surface area contributed by atoms with Gasteiger partial charge in [0.05, 0.1) is 37.2 Å². The van der Waals surface area contributed by atoms with E-state index in [1.165, 1.54) is 0 Å². The van der Waals surface area contributed by atoms with Crippen molar-refractivity contribution in [2.75, 3.05) is 19.7 Å². The van der Waals surface area contributed by atoms with Gasteiger partial charge in [0.2, 0.25) is 0 Å². The Morgan fingerprint density at radius 1 is 1.21 bits per heavy atom. The van der Waals surface area contributed by atoms with Crippen LogP contribution in [0.4, 0.5) is 0 Å². The number of hydrogen-bond acceptors (Lipinski definition) is 9. The zero-order chi connectivity index (χ0) is 23.5. The first-order chi connectivity index (χ1) is 16.5. The molecule has 0 spiro atoms. The number of pyridine rings is 1. The summed E-state index contributed by atoms with van der Waals surface area (Å²) in [5.74, 6) is 1.24. The molecule has 1 amide bonds. The number of rotatable bonds is 3. The van der Waals surface area contributed by atoms with Crippen LogP contribution < -0.4 is 10.1 Å². The summed E-state index contributed by atoms with van der Waals surface area (Å²) in [6.45, 7) is 7.21. The van der Waals surface area contributed by atoms with Gasteiger partial charge < -0.3 is 14.8 Å². The molecule has 2 aliphatic heterocycles. The molecule has 1 saturated heterocycles. The maximum absolute atomic E-state index is 13.1. The van der Waals surface area contributed by atoms with Crippen LogP contribution in [0.5, 0.6) is 5.75 Å². The first-order valence-corrected chi connectivity index (χ1v) is 11.5. The van der Waals surface area contributed by atoms with Gasteiger partial charge in [-0.1, -0.05) is 19.1 Å². The van der Waals surface area contributed by atoms with E-state index in [0.29, 0.717) is 45.1 Å². The van der Waals surface area contributed by atoms with Gasteiger partial charge in [0.25, 0.3) is 5.91 Å². The summed E-state index contributed by atoms with van der Waals surface area (Å²) < 4.78 is 13.8. The van der Waals surface area contributed by atoms with Crippen LogP contribution in [0, 0.1) is 0 Å². The highest BCUT2D eigenvalue weighted by molar-refractivity contribution is 5.95. The van der Waals surface area contributed by atoms with Crippen molar-refractivity contribution >= 4 is 5.91 Å². The van der Waals surface area contributed by atoms with Crippen molar-refractivity contribution < 1.29 is 14.3 Å². The van der Waals surface area contributed by atoms with Crippen molar-refractivity contribution in [3.05, 3.63) is 59.7 Å². The summed E-state index contributed by atoms with van der Waals surface area (Å²) in [4.78, 5) is 28.7. The molecule has 0 saturated carbocycles. The topological polar surface area (TPSA) is 120 Å². The minimum absolute atomic E-state index is 0.225. The fraction of sp³-hybridized carbons (Fsp3) is 0.478. The number of hydrogen-bond donors (Lipinski definition) is 1. The molecular weight excluding hydrogens is 436 g/mol. The highest BCUT2D eigenvalue weighted by atomic mass is 16.5. The molecule has 3 aromatic heterocycles. The normalized spacial score (nSPS) is 21.3.